The second kappa shape index (κ2) is 4.83. The highest BCUT2D eigenvalue weighted by Crippen LogP contribution is 2.23. The Morgan fingerprint density at radius 2 is 2.41 bits per heavy atom. The number of nitrogens with zero attached hydrogens (tertiary/aromatic N) is 3. The Morgan fingerprint density at radius 3 is 3.12 bits per heavy atom. The van der Waals surface area contributed by atoms with Crippen LogP contribution >= 0.6 is 0 Å². The van der Waals surface area contributed by atoms with Crippen LogP contribution in [0.4, 0.5) is 5.82 Å². The van der Waals surface area contributed by atoms with Gasteiger partial charge in [-0.05, 0) is 31.4 Å². The van der Waals surface area contributed by atoms with Gasteiger partial charge in [-0.2, -0.15) is 5.26 Å². The van der Waals surface area contributed by atoms with Gasteiger partial charge >= 0.3 is 5.97 Å². The zero-order chi connectivity index (χ0) is 12.3. The van der Waals surface area contributed by atoms with E-state index in [0.717, 1.165) is 12.8 Å². The lowest BCUT2D eigenvalue weighted by atomic mass is 10.0. The Balaban J connectivity index is 2.29. The molecule has 0 bridgehead atoms. The van der Waals surface area contributed by atoms with Gasteiger partial charge in [-0.3, -0.25) is 0 Å². The van der Waals surface area contributed by atoms with Gasteiger partial charge in [-0.25, -0.2) is 9.78 Å². The number of pyridine rings is 1. The molecule has 1 unspecified atom stereocenters. The first kappa shape index (κ1) is 11.4. The summed E-state index contributed by atoms with van der Waals surface area (Å²) in [6, 6.07) is 4.77. The van der Waals surface area contributed by atoms with Crippen LogP contribution in [0.1, 0.15) is 24.8 Å². The third-order valence-electron chi connectivity index (χ3n) is 2.96. The van der Waals surface area contributed by atoms with E-state index in [1.807, 2.05) is 6.07 Å². The fourth-order valence-corrected chi connectivity index (χ4v) is 2.11. The van der Waals surface area contributed by atoms with E-state index in [2.05, 4.69) is 4.98 Å². The number of aliphatic carboxylic acids is 1. The summed E-state index contributed by atoms with van der Waals surface area (Å²) >= 11 is 0. The lowest BCUT2D eigenvalue weighted by Gasteiger charge is -2.33. The average molecular weight is 231 g/mol. The highest BCUT2D eigenvalue weighted by atomic mass is 16.4. The first-order valence-corrected chi connectivity index (χ1v) is 5.58. The van der Waals surface area contributed by atoms with Crippen molar-refractivity contribution in [2.45, 2.75) is 25.3 Å². The molecule has 1 fully saturated rings. The van der Waals surface area contributed by atoms with Gasteiger partial charge in [0.05, 0.1) is 11.6 Å². The molecule has 1 aromatic rings. The van der Waals surface area contributed by atoms with Crippen LogP contribution in [0.3, 0.4) is 0 Å². The van der Waals surface area contributed by atoms with Crippen molar-refractivity contribution >= 4 is 11.8 Å². The van der Waals surface area contributed by atoms with E-state index in [-0.39, 0.29) is 0 Å². The SMILES string of the molecule is N#Cc1ccnc(N2CCCCC2C(=O)O)c1. The Hall–Kier alpha value is -2.09. The number of hydrogen-bond donors (Lipinski definition) is 1. The maximum atomic E-state index is 11.2. The summed E-state index contributed by atoms with van der Waals surface area (Å²) in [4.78, 5) is 17.1. The Morgan fingerprint density at radius 1 is 1.59 bits per heavy atom. The van der Waals surface area contributed by atoms with Crippen molar-refractivity contribution in [3.8, 4) is 6.07 Å². The topological polar surface area (TPSA) is 77.2 Å². The molecule has 1 saturated heterocycles. The maximum Gasteiger partial charge on any atom is 0.326 e. The summed E-state index contributed by atoms with van der Waals surface area (Å²) in [6.45, 7) is 0.679. The van der Waals surface area contributed by atoms with Crippen LogP contribution in [0.25, 0.3) is 0 Å². The minimum Gasteiger partial charge on any atom is -0.480 e. The Bertz CT molecular complexity index is 467. The lowest BCUT2D eigenvalue weighted by molar-refractivity contribution is -0.139. The van der Waals surface area contributed by atoms with Crippen LogP contribution in [0.2, 0.25) is 0 Å². The van der Waals surface area contributed by atoms with Gasteiger partial charge in [-0.1, -0.05) is 0 Å². The summed E-state index contributed by atoms with van der Waals surface area (Å²) < 4.78 is 0. The molecular weight excluding hydrogens is 218 g/mol. The molecule has 0 aliphatic carbocycles. The monoisotopic (exact) mass is 231 g/mol. The van der Waals surface area contributed by atoms with E-state index in [9.17, 15) is 4.79 Å². The number of carbonyl (C=O) groups is 1. The molecule has 1 aliphatic rings. The number of carboxylic acids is 1. The molecule has 1 N–H and O–H groups in total. The molecule has 0 spiro atoms. The molecule has 0 radical (unpaired) electrons. The predicted octanol–water partition coefficient (Wildman–Crippen LogP) is 1.40. The van der Waals surface area contributed by atoms with Crippen LogP contribution in [0, 0.1) is 11.3 Å². The van der Waals surface area contributed by atoms with E-state index in [1.165, 1.54) is 0 Å². The molecule has 2 heterocycles. The number of aromatic nitrogens is 1. The van der Waals surface area contributed by atoms with Gasteiger partial charge in [-0.15, -0.1) is 0 Å². The van der Waals surface area contributed by atoms with E-state index >= 15 is 0 Å². The first-order valence-electron chi connectivity index (χ1n) is 5.58. The molecule has 5 nitrogen and oxygen atoms in total. The molecule has 1 aromatic heterocycles. The first-order chi connectivity index (χ1) is 8.22. The van der Waals surface area contributed by atoms with Crippen molar-refractivity contribution in [2.24, 2.45) is 0 Å². The van der Waals surface area contributed by atoms with Crippen molar-refractivity contribution < 1.29 is 9.90 Å². The van der Waals surface area contributed by atoms with E-state index in [1.54, 1.807) is 23.2 Å². The van der Waals surface area contributed by atoms with Gasteiger partial charge in [0.2, 0.25) is 0 Å². The zero-order valence-electron chi connectivity index (χ0n) is 9.33. The van der Waals surface area contributed by atoms with Crippen molar-refractivity contribution in [3.05, 3.63) is 23.9 Å². The molecule has 0 aromatic carbocycles. The summed E-state index contributed by atoms with van der Waals surface area (Å²) in [5, 5.41) is 18.0. The van der Waals surface area contributed by atoms with Gasteiger partial charge in [0.15, 0.2) is 0 Å². The summed E-state index contributed by atoms with van der Waals surface area (Å²) in [5.41, 5.74) is 0.504. The smallest absolute Gasteiger partial charge is 0.326 e. The second-order valence-corrected chi connectivity index (χ2v) is 4.06. The summed E-state index contributed by atoms with van der Waals surface area (Å²) in [6.07, 6.45) is 4.06. The largest absolute Gasteiger partial charge is 0.480 e. The second-order valence-electron chi connectivity index (χ2n) is 4.06. The van der Waals surface area contributed by atoms with Crippen LogP contribution in [0.5, 0.6) is 0 Å². The highest BCUT2D eigenvalue weighted by molar-refractivity contribution is 5.78. The Kier molecular flexibility index (Phi) is 3.24. The molecule has 2 rings (SSSR count). The summed E-state index contributed by atoms with van der Waals surface area (Å²) in [7, 11) is 0. The third-order valence-corrected chi connectivity index (χ3v) is 2.96. The van der Waals surface area contributed by atoms with E-state index in [4.69, 9.17) is 10.4 Å². The van der Waals surface area contributed by atoms with Crippen molar-refractivity contribution in [1.29, 1.82) is 5.26 Å². The number of hydrogen-bond acceptors (Lipinski definition) is 4. The molecule has 1 aliphatic heterocycles. The number of anilines is 1. The molecule has 1 atom stereocenters. The van der Waals surface area contributed by atoms with Gasteiger partial charge < -0.3 is 10.0 Å². The number of nitriles is 1. The van der Waals surface area contributed by atoms with Gasteiger partial charge in [0, 0.05) is 12.7 Å². The standard InChI is InChI=1S/C12H13N3O2/c13-8-9-4-5-14-11(7-9)15-6-2-1-3-10(15)12(16)17/h4-5,7,10H,1-3,6H2,(H,16,17). The van der Waals surface area contributed by atoms with Crippen LogP contribution < -0.4 is 4.90 Å². The number of carboxylic acid groups (broad SMARTS) is 1. The van der Waals surface area contributed by atoms with Crippen LogP contribution in [-0.2, 0) is 4.79 Å². The van der Waals surface area contributed by atoms with Gasteiger partial charge in [0.1, 0.15) is 11.9 Å². The van der Waals surface area contributed by atoms with Crippen molar-refractivity contribution in [2.75, 3.05) is 11.4 Å². The maximum absolute atomic E-state index is 11.2. The summed E-state index contributed by atoms with van der Waals surface area (Å²) in [5.74, 6) is -0.245. The molecule has 0 saturated carbocycles. The van der Waals surface area contributed by atoms with Crippen molar-refractivity contribution in [3.63, 3.8) is 0 Å². The average Bonchev–Trinajstić information content (AvgIpc) is 2.39. The molecule has 17 heavy (non-hydrogen) atoms. The fourth-order valence-electron chi connectivity index (χ4n) is 2.11. The van der Waals surface area contributed by atoms with E-state index in [0.29, 0.717) is 24.3 Å². The normalized spacial score (nSPS) is 19.7. The highest BCUT2D eigenvalue weighted by Gasteiger charge is 2.29. The molecular formula is C12H13N3O2. The fraction of sp³-hybridized carbons (Fsp3) is 0.417. The molecule has 88 valence electrons. The number of rotatable bonds is 2. The Labute approximate surface area is 99.3 Å². The number of piperidine rings is 1. The van der Waals surface area contributed by atoms with Crippen LogP contribution in [0.15, 0.2) is 18.3 Å². The minimum atomic E-state index is -0.825. The quantitative estimate of drug-likeness (QED) is 0.832. The third kappa shape index (κ3) is 2.36. The minimum absolute atomic E-state index is 0.504. The van der Waals surface area contributed by atoms with Gasteiger partial charge in [0.25, 0.3) is 0 Å². The zero-order valence-corrected chi connectivity index (χ0v) is 9.33. The molecule has 0 amide bonds. The lowest BCUT2D eigenvalue weighted by Crippen LogP contribution is -2.45. The van der Waals surface area contributed by atoms with Crippen molar-refractivity contribution in [1.82, 2.24) is 4.98 Å². The van der Waals surface area contributed by atoms with E-state index < -0.39 is 12.0 Å². The molecule has 5 heteroatoms. The predicted molar refractivity (Wildman–Crippen MR) is 61.6 cm³/mol. The van der Waals surface area contributed by atoms with Crippen LogP contribution in [-0.4, -0.2) is 28.6 Å².